The zero-order valence-corrected chi connectivity index (χ0v) is 12.4. The zero-order valence-electron chi connectivity index (χ0n) is 12.4. The van der Waals surface area contributed by atoms with Crippen molar-refractivity contribution in [1.29, 1.82) is 0 Å². The Kier molecular flexibility index (Phi) is 5.28. The number of halogens is 3. The van der Waals surface area contributed by atoms with Gasteiger partial charge in [-0.1, -0.05) is 18.6 Å². The molecule has 0 saturated heterocycles. The third-order valence-corrected chi connectivity index (χ3v) is 4.04. The van der Waals surface area contributed by atoms with E-state index < -0.39 is 24.1 Å². The van der Waals surface area contributed by atoms with E-state index in [2.05, 4.69) is 5.32 Å². The molecule has 1 aliphatic carbocycles. The Balaban J connectivity index is 1.92. The van der Waals surface area contributed by atoms with E-state index in [1.165, 1.54) is 18.2 Å². The van der Waals surface area contributed by atoms with Crippen LogP contribution in [0.1, 0.15) is 41.6 Å². The highest BCUT2D eigenvalue weighted by Crippen LogP contribution is 2.37. The summed E-state index contributed by atoms with van der Waals surface area (Å²) in [5, 5.41) is 11.5. The SMILES string of the molecule is O=C(Cc1cccc(C(=O)O)c1)NC1CCCC(C(F)(F)F)C1. The number of carbonyl (C=O) groups excluding carboxylic acids is 1. The fraction of sp³-hybridized carbons (Fsp3) is 0.500. The molecule has 1 aromatic rings. The van der Waals surface area contributed by atoms with Gasteiger partial charge in [0.05, 0.1) is 17.9 Å². The summed E-state index contributed by atoms with van der Waals surface area (Å²) < 4.78 is 38.3. The van der Waals surface area contributed by atoms with Crippen molar-refractivity contribution in [3.05, 3.63) is 35.4 Å². The Bertz CT molecular complexity index is 586. The third-order valence-electron chi connectivity index (χ3n) is 4.04. The van der Waals surface area contributed by atoms with Crippen LogP contribution < -0.4 is 5.32 Å². The average molecular weight is 329 g/mol. The van der Waals surface area contributed by atoms with Crippen molar-refractivity contribution in [3.8, 4) is 0 Å². The molecule has 7 heteroatoms. The van der Waals surface area contributed by atoms with Crippen LogP contribution in [0.25, 0.3) is 0 Å². The van der Waals surface area contributed by atoms with Crippen LogP contribution in [-0.2, 0) is 11.2 Å². The number of aromatic carboxylic acids is 1. The van der Waals surface area contributed by atoms with Gasteiger partial charge in [-0.25, -0.2) is 4.79 Å². The normalized spacial score (nSPS) is 21.7. The molecule has 126 valence electrons. The molecule has 1 fully saturated rings. The van der Waals surface area contributed by atoms with E-state index in [-0.39, 0.29) is 30.7 Å². The van der Waals surface area contributed by atoms with Gasteiger partial charge in [-0.05, 0) is 37.0 Å². The van der Waals surface area contributed by atoms with Crippen molar-refractivity contribution in [2.45, 2.75) is 44.3 Å². The maximum Gasteiger partial charge on any atom is 0.391 e. The number of rotatable bonds is 4. The second-order valence-corrected chi connectivity index (χ2v) is 5.85. The Morgan fingerprint density at radius 2 is 2.00 bits per heavy atom. The van der Waals surface area contributed by atoms with Gasteiger partial charge in [0.2, 0.25) is 5.91 Å². The number of amides is 1. The largest absolute Gasteiger partial charge is 0.478 e. The highest BCUT2D eigenvalue weighted by molar-refractivity contribution is 5.88. The fourth-order valence-corrected chi connectivity index (χ4v) is 2.90. The Morgan fingerprint density at radius 3 is 2.65 bits per heavy atom. The van der Waals surface area contributed by atoms with Gasteiger partial charge in [-0.2, -0.15) is 13.2 Å². The van der Waals surface area contributed by atoms with Gasteiger partial charge >= 0.3 is 12.1 Å². The molecule has 2 atom stereocenters. The van der Waals surface area contributed by atoms with Crippen LogP contribution in [0, 0.1) is 5.92 Å². The van der Waals surface area contributed by atoms with E-state index >= 15 is 0 Å². The van der Waals surface area contributed by atoms with Crippen molar-refractivity contribution in [3.63, 3.8) is 0 Å². The minimum absolute atomic E-state index is 0.0473. The topological polar surface area (TPSA) is 66.4 Å². The van der Waals surface area contributed by atoms with E-state index in [9.17, 15) is 22.8 Å². The van der Waals surface area contributed by atoms with Crippen LogP contribution in [0.2, 0.25) is 0 Å². The van der Waals surface area contributed by atoms with Gasteiger partial charge in [-0.15, -0.1) is 0 Å². The van der Waals surface area contributed by atoms with Gasteiger partial charge in [0.25, 0.3) is 0 Å². The molecule has 0 heterocycles. The summed E-state index contributed by atoms with van der Waals surface area (Å²) in [5.41, 5.74) is 0.593. The van der Waals surface area contributed by atoms with Crippen LogP contribution in [-0.4, -0.2) is 29.2 Å². The van der Waals surface area contributed by atoms with Crippen molar-refractivity contribution >= 4 is 11.9 Å². The summed E-state index contributed by atoms with van der Waals surface area (Å²) in [6.07, 6.45) is -3.29. The maximum atomic E-state index is 12.8. The van der Waals surface area contributed by atoms with Crippen LogP contribution in [0.4, 0.5) is 13.2 Å². The summed E-state index contributed by atoms with van der Waals surface area (Å²) >= 11 is 0. The van der Waals surface area contributed by atoms with Gasteiger partial charge in [-0.3, -0.25) is 4.79 Å². The van der Waals surface area contributed by atoms with Gasteiger partial charge in [0, 0.05) is 6.04 Å². The Hall–Kier alpha value is -2.05. The lowest BCUT2D eigenvalue weighted by molar-refractivity contribution is -0.184. The fourth-order valence-electron chi connectivity index (χ4n) is 2.90. The van der Waals surface area contributed by atoms with Gasteiger partial charge in [0.15, 0.2) is 0 Å². The van der Waals surface area contributed by atoms with Gasteiger partial charge in [0.1, 0.15) is 0 Å². The molecular weight excluding hydrogens is 311 g/mol. The Labute approximate surface area is 131 Å². The molecule has 0 aliphatic heterocycles. The zero-order chi connectivity index (χ0) is 17.0. The number of carbonyl (C=O) groups is 2. The first-order valence-corrected chi connectivity index (χ1v) is 7.44. The van der Waals surface area contributed by atoms with Crippen molar-refractivity contribution < 1.29 is 27.9 Å². The molecule has 0 spiro atoms. The quantitative estimate of drug-likeness (QED) is 0.892. The summed E-state index contributed by atoms with van der Waals surface area (Å²) in [4.78, 5) is 22.9. The minimum atomic E-state index is -4.22. The second kappa shape index (κ2) is 7.02. The molecule has 23 heavy (non-hydrogen) atoms. The minimum Gasteiger partial charge on any atom is -0.478 e. The molecule has 2 rings (SSSR count). The van der Waals surface area contributed by atoms with Crippen molar-refractivity contribution in [2.24, 2.45) is 5.92 Å². The molecule has 1 saturated carbocycles. The van der Waals surface area contributed by atoms with E-state index in [1.54, 1.807) is 6.07 Å². The first-order valence-electron chi connectivity index (χ1n) is 7.44. The number of carboxylic acids is 1. The van der Waals surface area contributed by atoms with E-state index in [4.69, 9.17) is 5.11 Å². The third kappa shape index (κ3) is 4.97. The number of benzene rings is 1. The lowest BCUT2D eigenvalue weighted by Crippen LogP contribution is -2.42. The molecule has 1 amide bonds. The Morgan fingerprint density at radius 1 is 1.26 bits per heavy atom. The lowest BCUT2D eigenvalue weighted by Gasteiger charge is -2.31. The molecule has 2 unspecified atom stereocenters. The molecule has 2 N–H and O–H groups in total. The summed E-state index contributed by atoms with van der Waals surface area (Å²) in [7, 11) is 0. The summed E-state index contributed by atoms with van der Waals surface area (Å²) in [6, 6.07) is 5.48. The molecular formula is C16H18F3NO3. The molecule has 4 nitrogen and oxygen atoms in total. The number of alkyl halides is 3. The van der Waals surface area contributed by atoms with Crippen LogP contribution in [0.5, 0.6) is 0 Å². The van der Waals surface area contributed by atoms with Crippen molar-refractivity contribution in [1.82, 2.24) is 5.32 Å². The standard InChI is InChI=1S/C16H18F3NO3/c17-16(18,19)12-5-2-6-13(9-12)20-14(21)8-10-3-1-4-11(7-10)15(22)23/h1,3-4,7,12-13H,2,5-6,8-9H2,(H,20,21)(H,22,23). The van der Waals surface area contributed by atoms with Crippen molar-refractivity contribution in [2.75, 3.05) is 0 Å². The first kappa shape index (κ1) is 17.3. The van der Waals surface area contributed by atoms with Gasteiger partial charge < -0.3 is 10.4 Å². The molecule has 0 aromatic heterocycles. The molecule has 0 radical (unpaired) electrons. The monoisotopic (exact) mass is 329 g/mol. The van der Waals surface area contributed by atoms with Crippen LogP contribution >= 0.6 is 0 Å². The average Bonchev–Trinajstić information content (AvgIpc) is 2.46. The van der Waals surface area contributed by atoms with E-state index in [0.29, 0.717) is 18.4 Å². The van der Waals surface area contributed by atoms with Crippen LogP contribution in [0.3, 0.4) is 0 Å². The predicted octanol–water partition coefficient (Wildman–Crippen LogP) is 3.16. The van der Waals surface area contributed by atoms with E-state index in [0.717, 1.165) is 0 Å². The van der Waals surface area contributed by atoms with E-state index in [1.807, 2.05) is 0 Å². The molecule has 1 aliphatic rings. The summed E-state index contributed by atoms with van der Waals surface area (Å²) in [5.74, 6) is -2.84. The number of carboxylic acid groups (broad SMARTS) is 1. The molecule has 1 aromatic carbocycles. The maximum absolute atomic E-state index is 12.8. The first-order chi connectivity index (χ1) is 10.8. The molecule has 0 bridgehead atoms. The number of nitrogens with one attached hydrogen (secondary N) is 1. The highest BCUT2D eigenvalue weighted by atomic mass is 19.4. The predicted molar refractivity (Wildman–Crippen MR) is 77.0 cm³/mol. The number of hydrogen-bond donors (Lipinski definition) is 2. The highest BCUT2D eigenvalue weighted by Gasteiger charge is 2.42. The number of hydrogen-bond acceptors (Lipinski definition) is 2. The lowest BCUT2D eigenvalue weighted by atomic mass is 9.85. The van der Waals surface area contributed by atoms with Crippen LogP contribution in [0.15, 0.2) is 24.3 Å². The second-order valence-electron chi connectivity index (χ2n) is 5.85. The smallest absolute Gasteiger partial charge is 0.391 e. The summed E-state index contributed by atoms with van der Waals surface area (Å²) in [6.45, 7) is 0.